The molecule has 0 aliphatic heterocycles. The second kappa shape index (κ2) is 7.54. The Morgan fingerprint density at radius 3 is 2.80 bits per heavy atom. The molecule has 2 aromatic carbocycles. The summed E-state index contributed by atoms with van der Waals surface area (Å²) < 4.78 is 5.04. The molecule has 25 heavy (non-hydrogen) atoms. The summed E-state index contributed by atoms with van der Waals surface area (Å²) >= 11 is 2.55. The Bertz CT molecular complexity index is 912. The number of hydrogen-bond donors (Lipinski definition) is 3. The summed E-state index contributed by atoms with van der Waals surface area (Å²) in [5.41, 5.74) is 2.50. The van der Waals surface area contributed by atoms with Crippen LogP contribution < -0.4 is 5.32 Å². The van der Waals surface area contributed by atoms with Crippen molar-refractivity contribution in [1.29, 1.82) is 0 Å². The van der Waals surface area contributed by atoms with Crippen LogP contribution >= 0.6 is 23.3 Å². The van der Waals surface area contributed by atoms with Crippen molar-refractivity contribution in [2.24, 2.45) is 0 Å². The van der Waals surface area contributed by atoms with Gasteiger partial charge >= 0.3 is 0 Å². The number of carbonyl (C=O) groups excluding carboxylic acids is 1. The lowest BCUT2D eigenvalue weighted by Gasteiger charge is -2.05. The van der Waals surface area contributed by atoms with Crippen molar-refractivity contribution in [1.82, 2.24) is 9.36 Å². The Labute approximate surface area is 152 Å². The molecule has 0 aliphatic rings. The summed E-state index contributed by atoms with van der Waals surface area (Å²) in [6.07, 6.45) is 0. The van der Waals surface area contributed by atoms with Gasteiger partial charge < -0.3 is 15.5 Å². The lowest BCUT2D eigenvalue weighted by molar-refractivity contribution is -0.113. The fraction of sp³-hybridized carbons (Fsp3) is 0.118. The topological polar surface area (TPSA) is 95.3 Å². The van der Waals surface area contributed by atoms with Gasteiger partial charge in [-0.25, -0.2) is 4.98 Å². The third-order valence-corrected chi connectivity index (χ3v) is 5.10. The van der Waals surface area contributed by atoms with E-state index in [0.29, 0.717) is 15.9 Å². The molecule has 1 amide bonds. The first-order chi connectivity index (χ1) is 12.0. The number of aromatic hydroxyl groups is 2. The summed E-state index contributed by atoms with van der Waals surface area (Å²) in [4.78, 5) is 16.4. The van der Waals surface area contributed by atoms with Gasteiger partial charge in [-0.15, -0.1) is 0 Å². The molecule has 0 atom stereocenters. The molecule has 3 rings (SSSR count). The van der Waals surface area contributed by atoms with Crippen molar-refractivity contribution in [3.05, 3.63) is 48.0 Å². The molecule has 0 unspecified atom stereocenters. The minimum absolute atomic E-state index is 0.171. The summed E-state index contributed by atoms with van der Waals surface area (Å²) in [5, 5.41) is 21.3. The average Bonchev–Trinajstić information content (AvgIpc) is 3.05. The van der Waals surface area contributed by atoms with Crippen LogP contribution in [0.1, 0.15) is 5.56 Å². The third-order valence-electron chi connectivity index (χ3n) is 3.27. The molecule has 0 spiro atoms. The van der Waals surface area contributed by atoms with Crippen molar-refractivity contribution in [3.8, 4) is 22.9 Å². The van der Waals surface area contributed by atoms with E-state index in [-0.39, 0.29) is 23.2 Å². The van der Waals surface area contributed by atoms with Gasteiger partial charge in [0.15, 0.2) is 21.7 Å². The Kier molecular flexibility index (Phi) is 5.20. The molecule has 0 saturated carbocycles. The number of benzene rings is 2. The Morgan fingerprint density at radius 1 is 1.20 bits per heavy atom. The van der Waals surface area contributed by atoms with E-state index in [1.165, 1.54) is 41.5 Å². The van der Waals surface area contributed by atoms with E-state index in [4.69, 9.17) is 0 Å². The molecule has 6 nitrogen and oxygen atoms in total. The van der Waals surface area contributed by atoms with Crippen LogP contribution in [0.3, 0.4) is 0 Å². The highest BCUT2D eigenvalue weighted by atomic mass is 32.2. The zero-order chi connectivity index (χ0) is 17.8. The van der Waals surface area contributed by atoms with Gasteiger partial charge in [0.2, 0.25) is 5.91 Å². The quantitative estimate of drug-likeness (QED) is 0.359. The second-order valence-corrected chi connectivity index (χ2v) is 7.27. The van der Waals surface area contributed by atoms with Gasteiger partial charge in [-0.2, -0.15) is 4.37 Å². The highest BCUT2D eigenvalue weighted by Crippen LogP contribution is 2.28. The predicted octanol–water partition coefficient (Wildman–Crippen LogP) is 3.66. The third kappa shape index (κ3) is 4.49. The zero-order valence-corrected chi connectivity index (χ0v) is 14.9. The van der Waals surface area contributed by atoms with Crippen LogP contribution in [-0.2, 0) is 4.79 Å². The SMILES string of the molecule is Cc1cccc(-c2nsc(SCC(=O)Nc3ccc(O)c(O)c3)n2)c1. The Hall–Kier alpha value is -2.58. The fourth-order valence-electron chi connectivity index (χ4n) is 2.10. The first-order valence-corrected chi connectivity index (χ1v) is 9.12. The van der Waals surface area contributed by atoms with Gasteiger partial charge in [-0.05, 0) is 36.7 Å². The summed E-state index contributed by atoms with van der Waals surface area (Å²) in [5.74, 6) is 0.0779. The van der Waals surface area contributed by atoms with Gasteiger partial charge in [0, 0.05) is 17.3 Å². The maximum absolute atomic E-state index is 12.0. The van der Waals surface area contributed by atoms with Crippen LogP contribution in [-0.4, -0.2) is 31.2 Å². The number of thioether (sulfide) groups is 1. The molecule has 0 radical (unpaired) electrons. The van der Waals surface area contributed by atoms with Crippen LogP contribution in [0.4, 0.5) is 5.69 Å². The summed E-state index contributed by atoms with van der Waals surface area (Å²) in [6.45, 7) is 2.01. The van der Waals surface area contributed by atoms with Crippen molar-refractivity contribution < 1.29 is 15.0 Å². The highest BCUT2D eigenvalue weighted by Gasteiger charge is 2.10. The lowest BCUT2D eigenvalue weighted by atomic mass is 10.1. The molecule has 0 fully saturated rings. The molecule has 0 saturated heterocycles. The lowest BCUT2D eigenvalue weighted by Crippen LogP contribution is -2.13. The number of hydrogen-bond acceptors (Lipinski definition) is 7. The Balaban J connectivity index is 1.58. The minimum Gasteiger partial charge on any atom is -0.504 e. The normalized spacial score (nSPS) is 10.6. The van der Waals surface area contributed by atoms with E-state index in [0.717, 1.165) is 11.1 Å². The van der Waals surface area contributed by atoms with Gasteiger partial charge in [-0.1, -0.05) is 35.5 Å². The molecule has 3 N–H and O–H groups in total. The van der Waals surface area contributed by atoms with Crippen molar-refractivity contribution in [2.45, 2.75) is 11.3 Å². The largest absolute Gasteiger partial charge is 0.504 e. The van der Waals surface area contributed by atoms with E-state index in [1.54, 1.807) is 0 Å². The van der Waals surface area contributed by atoms with E-state index < -0.39 is 0 Å². The van der Waals surface area contributed by atoms with Gasteiger partial charge in [0.25, 0.3) is 0 Å². The molecular formula is C17H15N3O3S2. The van der Waals surface area contributed by atoms with Crippen LogP contribution in [0.5, 0.6) is 11.5 Å². The molecular weight excluding hydrogens is 358 g/mol. The predicted molar refractivity (Wildman–Crippen MR) is 99.2 cm³/mol. The second-order valence-electron chi connectivity index (χ2n) is 5.29. The average molecular weight is 373 g/mol. The maximum atomic E-state index is 12.0. The molecule has 8 heteroatoms. The smallest absolute Gasteiger partial charge is 0.234 e. The summed E-state index contributed by atoms with van der Waals surface area (Å²) in [7, 11) is 0. The number of anilines is 1. The molecule has 3 aromatic rings. The number of aromatic nitrogens is 2. The number of nitrogens with one attached hydrogen (secondary N) is 1. The van der Waals surface area contributed by atoms with Gasteiger partial charge in [-0.3, -0.25) is 4.79 Å². The number of aryl methyl sites for hydroxylation is 1. The number of rotatable bonds is 5. The van der Waals surface area contributed by atoms with Crippen molar-refractivity contribution >= 4 is 34.9 Å². The van der Waals surface area contributed by atoms with Gasteiger partial charge in [0.05, 0.1) is 5.75 Å². The maximum Gasteiger partial charge on any atom is 0.234 e. The molecule has 0 aliphatic carbocycles. The fourth-order valence-corrected chi connectivity index (χ4v) is 3.51. The van der Waals surface area contributed by atoms with Crippen LogP contribution in [0.25, 0.3) is 11.4 Å². The molecule has 1 aromatic heterocycles. The van der Waals surface area contributed by atoms with Crippen LogP contribution in [0.15, 0.2) is 46.8 Å². The van der Waals surface area contributed by atoms with E-state index in [1.807, 2.05) is 31.2 Å². The van der Waals surface area contributed by atoms with Crippen molar-refractivity contribution in [2.75, 3.05) is 11.1 Å². The first-order valence-electron chi connectivity index (χ1n) is 7.36. The highest BCUT2D eigenvalue weighted by molar-refractivity contribution is 8.01. The number of phenols is 2. The number of nitrogens with zero attached hydrogens (tertiary/aromatic N) is 2. The van der Waals surface area contributed by atoms with Gasteiger partial charge in [0.1, 0.15) is 0 Å². The number of amides is 1. The first kappa shape index (κ1) is 17.2. The molecule has 0 bridgehead atoms. The van der Waals surface area contributed by atoms with Crippen LogP contribution in [0, 0.1) is 6.92 Å². The van der Waals surface area contributed by atoms with Crippen molar-refractivity contribution in [3.63, 3.8) is 0 Å². The standard InChI is InChI=1S/C17H15N3O3S2/c1-10-3-2-4-11(7-10)16-19-17(25-20-16)24-9-15(23)18-12-5-6-13(21)14(22)8-12/h2-8,21-22H,9H2,1H3,(H,18,23). The minimum atomic E-state index is -0.280. The zero-order valence-electron chi connectivity index (χ0n) is 13.3. The van der Waals surface area contributed by atoms with Crippen LogP contribution in [0.2, 0.25) is 0 Å². The number of phenolic OH excluding ortho intramolecular Hbond substituents is 2. The van der Waals surface area contributed by atoms with E-state index in [9.17, 15) is 15.0 Å². The Morgan fingerprint density at radius 2 is 2.04 bits per heavy atom. The van der Waals surface area contributed by atoms with E-state index in [2.05, 4.69) is 14.7 Å². The monoisotopic (exact) mass is 373 g/mol. The molecule has 128 valence electrons. The number of carbonyl (C=O) groups is 1. The summed E-state index contributed by atoms with van der Waals surface area (Å²) in [6, 6.07) is 12.1. The van der Waals surface area contributed by atoms with E-state index >= 15 is 0 Å². The molecule has 1 heterocycles.